The van der Waals surface area contributed by atoms with E-state index in [9.17, 15) is 10.2 Å². The molecule has 0 aromatic heterocycles. The second kappa shape index (κ2) is 31.1. The predicted octanol–water partition coefficient (Wildman–Crippen LogP) is 11.3. The summed E-state index contributed by atoms with van der Waals surface area (Å²) in [5, 5.41) is 20.3. The van der Waals surface area contributed by atoms with Gasteiger partial charge in [0.25, 0.3) is 0 Å². The van der Waals surface area contributed by atoms with E-state index in [2.05, 4.69) is 13.8 Å². The topological polar surface area (TPSA) is 40.5 Å². The van der Waals surface area contributed by atoms with Crippen molar-refractivity contribution < 1.29 is 10.2 Å². The van der Waals surface area contributed by atoms with Crippen molar-refractivity contribution >= 4 is 0 Å². The fourth-order valence-corrected chi connectivity index (χ4v) is 5.61. The molecule has 2 unspecified atom stereocenters. The van der Waals surface area contributed by atoms with Crippen LogP contribution in [0.1, 0.15) is 200 Å². The molecule has 0 radical (unpaired) electrons. The van der Waals surface area contributed by atoms with Gasteiger partial charge in [-0.15, -0.1) is 0 Å². The second-order valence-electron chi connectivity index (χ2n) is 11.9. The van der Waals surface area contributed by atoms with E-state index < -0.39 is 0 Å². The Morgan fingerprint density at radius 2 is 0.611 bits per heavy atom. The molecule has 2 N–H and O–H groups in total. The molecule has 218 valence electrons. The maximum atomic E-state index is 10.5. The summed E-state index contributed by atoms with van der Waals surface area (Å²) in [5.41, 5.74) is 0. The van der Waals surface area contributed by atoms with Crippen molar-refractivity contribution in [1.29, 1.82) is 0 Å². The molecule has 0 fully saturated rings. The van der Waals surface area contributed by atoms with Crippen molar-refractivity contribution in [1.82, 2.24) is 0 Å². The summed E-state index contributed by atoms with van der Waals surface area (Å²) in [5.74, 6) is 0.0969. The van der Waals surface area contributed by atoms with Crippen LogP contribution in [0.25, 0.3) is 0 Å². The van der Waals surface area contributed by atoms with E-state index >= 15 is 0 Å². The lowest BCUT2D eigenvalue weighted by Crippen LogP contribution is -2.23. The summed E-state index contributed by atoms with van der Waals surface area (Å²) in [6, 6.07) is 0. The Kier molecular flexibility index (Phi) is 31.1. The maximum absolute atomic E-state index is 10.5. The fourth-order valence-electron chi connectivity index (χ4n) is 5.61. The molecule has 0 spiro atoms. The largest absolute Gasteiger partial charge is 0.396 e. The van der Waals surface area contributed by atoms with E-state index in [1.807, 2.05) is 0 Å². The number of aliphatic hydroxyl groups is 2. The van der Waals surface area contributed by atoms with Crippen molar-refractivity contribution in [3.63, 3.8) is 0 Å². The van der Waals surface area contributed by atoms with Crippen LogP contribution in [0.15, 0.2) is 0 Å². The van der Waals surface area contributed by atoms with Crippen LogP contribution in [0, 0.1) is 5.92 Å². The van der Waals surface area contributed by atoms with Crippen LogP contribution in [0.2, 0.25) is 0 Å². The van der Waals surface area contributed by atoms with Crippen LogP contribution in [0.4, 0.5) is 0 Å². The highest BCUT2D eigenvalue weighted by Crippen LogP contribution is 2.20. The second-order valence-corrected chi connectivity index (χ2v) is 11.9. The van der Waals surface area contributed by atoms with Crippen LogP contribution >= 0.6 is 0 Å². The molecule has 0 saturated heterocycles. The maximum Gasteiger partial charge on any atom is 0.0590 e. The monoisotopic (exact) mass is 511 g/mol. The molecule has 0 rings (SSSR count). The Morgan fingerprint density at radius 3 is 0.889 bits per heavy atom. The van der Waals surface area contributed by atoms with Crippen molar-refractivity contribution in [3.05, 3.63) is 0 Å². The Hall–Kier alpha value is -0.0800. The average Bonchev–Trinajstić information content (AvgIpc) is 2.89. The van der Waals surface area contributed by atoms with E-state index in [-0.39, 0.29) is 18.6 Å². The van der Waals surface area contributed by atoms with Gasteiger partial charge in [-0.2, -0.15) is 0 Å². The third-order valence-electron chi connectivity index (χ3n) is 8.31. The first-order valence-electron chi connectivity index (χ1n) is 17.0. The first-order valence-corrected chi connectivity index (χ1v) is 17.0. The molecule has 2 heteroatoms. The van der Waals surface area contributed by atoms with Gasteiger partial charge in [0.2, 0.25) is 0 Å². The lowest BCUT2D eigenvalue weighted by Gasteiger charge is -2.21. The van der Waals surface area contributed by atoms with Gasteiger partial charge in [-0.1, -0.05) is 187 Å². The van der Waals surface area contributed by atoms with Crippen LogP contribution in [0.3, 0.4) is 0 Å². The number of unbranched alkanes of at least 4 members (excludes halogenated alkanes) is 25. The smallest absolute Gasteiger partial charge is 0.0590 e. The molecule has 0 aromatic carbocycles. The van der Waals surface area contributed by atoms with E-state index in [4.69, 9.17) is 0 Å². The van der Waals surface area contributed by atoms with Crippen molar-refractivity contribution in [2.75, 3.05) is 6.61 Å². The van der Waals surface area contributed by atoms with Gasteiger partial charge in [-0.3, -0.25) is 0 Å². The van der Waals surface area contributed by atoms with Crippen LogP contribution < -0.4 is 0 Å². The third kappa shape index (κ3) is 27.0. The fraction of sp³-hybridized carbons (Fsp3) is 1.00. The Labute approximate surface area is 228 Å². The van der Waals surface area contributed by atoms with Gasteiger partial charge in [0.05, 0.1) is 6.10 Å². The first-order chi connectivity index (χ1) is 17.8. The van der Waals surface area contributed by atoms with Crippen LogP contribution in [-0.2, 0) is 0 Å². The van der Waals surface area contributed by atoms with Crippen LogP contribution in [0.5, 0.6) is 0 Å². The zero-order valence-electron chi connectivity index (χ0n) is 25.3. The number of aliphatic hydroxyl groups excluding tert-OH is 2. The minimum atomic E-state index is -0.301. The Balaban J connectivity index is 3.40. The molecule has 36 heavy (non-hydrogen) atoms. The molecular formula is C34H70O2. The van der Waals surface area contributed by atoms with E-state index in [1.54, 1.807) is 0 Å². The van der Waals surface area contributed by atoms with E-state index in [1.165, 1.54) is 167 Å². The summed E-state index contributed by atoms with van der Waals surface area (Å²) >= 11 is 0. The van der Waals surface area contributed by atoms with Crippen molar-refractivity contribution in [3.8, 4) is 0 Å². The zero-order valence-corrected chi connectivity index (χ0v) is 25.3. The minimum Gasteiger partial charge on any atom is -0.396 e. The molecule has 2 nitrogen and oxygen atoms in total. The molecular weight excluding hydrogens is 440 g/mol. The molecule has 0 aliphatic carbocycles. The minimum absolute atomic E-state index is 0.0969. The molecule has 0 aliphatic rings. The van der Waals surface area contributed by atoms with Crippen LogP contribution in [-0.4, -0.2) is 22.9 Å². The van der Waals surface area contributed by atoms with Crippen molar-refractivity contribution in [2.24, 2.45) is 5.92 Å². The summed E-state index contributed by atoms with van der Waals surface area (Å²) in [6.07, 6.45) is 38.6. The number of rotatable bonds is 31. The lowest BCUT2D eigenvalue weighted by molar-refractivity contribution is 0.0528. The molecule has 0 aliphatic heterocycles. The number of hydrogen-bond acceptors (Lipinski definition) is 2. The highest BCUT2D eigenvalue weighted by atomic mass is 16.3. The van der Waals surface area contributed by atoms with Gasteiger partial charge >= 0.3 is 0 Å². The normalized spacial score (nSPS) is 13.3. The van der Waals surface area contributed by atoms with E-state index in [0.29, 0.717) is 0 Å². The number of hydrogen-bond donors (Lipinski definition) is 2. The summed E-state index contributed by atoms with van der Waals surface area (Å²) < 4.78 is 0. The molecule has 2 atom stereocenters. The first kappa shape index (κ1) is 35.9. The van der Waals surface area contributed by atoms with Gasteiger partial charge < -0.3 is 10.2 Å². The lowest BCUT2D eigenvalue weighted by atomic mass is 9.92. The Bertz CT molecular complexity index is 383. The molecule has 0 heterocycles. The zero-order chi connectivity index (χ0) is 26.4. The van der Waals surface area contributed by atoms with Gasteiger partial charge in [0.1, 0.15) is 0 Å². The van der Waals surface area contributed by atoms with Crippen molar-refractivity contribution in [2.45, 2.75) is 206 Å². The van der Waals surface area contributed by atoms with Gasteiger partial charge in [-0.05, 0) is 12.8 Å². The highest BCUT2D eigenvalue weighted by molar-refractivity contribution is 4.69. The highest BCUT2D eigenvalue weighted by Gasteiger charge is 2.17. The van der Waals surface area contributed by atoms with Gasteiger partial charge in [0.15, 0.2) is 0 Å². The SMILES string of the molecule is CCCCCCCCCCCCCCCCCC(CO)C(O)CCCCCCCCCCCCCC. The summed E-state index contributed by atoms with van der Waals surface area (Å²) in [4.78, 5) is 0. The molecule has 0 saturated carbocycles. The summed E-state index contributed by atoms with van der Waals surface area (Å²) in [6.45, 7) is 4.72. The molecule has 0 bridgehead atoms. The standard InChI is InChI=1S/C34H70O2/c1-3-5-7-9-11-13-15-17-18-19-20-22-24-26-28-30-33(32-35)34(36)31-29-27-25-23-21-16-14-12-10-8-6-4-2/h33-36H,3-32H2,1-2H3. The third-order valence-corrected chi connectivity index (χ3v) is 8.31. The predicted molar refractivity (Wildman–Crippen MR) is 162 cm³/mol. The Morgan fingerprint density at radius 1 is 0.361 bits per heavy atom. The quantitative estimate of drug-likeness (QED) is 0.0910. The molecule has 0 amide bonds. The average molecular weight is 511 g/mol. The van der Waals surface area contributed by atoms with Gasteiger partial charge in [-0.25, -0.2) is 0 Å². The van der Waals surface area contributed by atoms with Gasteiger partial charge in [0, 0.05) is 12.5 Å². The summed E-state index contributed by atoms with van der Waals surface area (Å²) in [7, 11) is 0. The van der Waals surface area contributed by atoms with E-state index in [0.717, 1.165) is 19.3 Å². The molecule has 0 aromatic rings.